The standard InChI is InChI=1S/C15H30N2/c1-12(2)11-14(16-4)15(17(5)6)9-7-13(3)8-10-15/h11,13-14,16H,7-10H2,1-6H3. The fourth-order valence-electron chi connectivity index (χ4n) is 3.14. The van der Waals surface area contributed by atoms with Gasteiger partial charge in [-0.3, -0.25) is 0 Å². The average Bonchev–Trinajstić information content (AvgIpc) is 2.27. The van der Waals surface area contributed by atoms with E-state index >= 15 is 0 Å². The molecule has 0 spiro atoms. The van der Waals surface area contributed by atoms with Crippen molar-refractivity contribution in [2.45, 2.75) is 58.0 Å². The Morgan fingerprint density at radius 1 is 1.29 bits per heavy atom. The minimum Gasteiger partial charge on any atom is -0.312 e. The van der Waals surface area contributed by atoms with Gasteiger partial charge in [-0.2, -0.15) is 0 Å². The van der Waals surface area contributed by atoms with E-state index in [-0.39, 0.29) is 0 Å². The third-order valence-electron chi connectivity index (χ3n) is 4.42. The summed E-state index contributed by atoms with van der Waals surface area (Å²) < 4.78 is 0. The Kier molecular flexibility index (Phi) is 5.21. The van der Waals surface area contributed by atoms with Gasteiger partial charge in [-0.05, 0) is 66.6 Å². The second kappa shape index (κ2) is 6.01. The van der Waals surface area contributed by atoms with Gasteiger partial charge in [-0.25, -0.2) is 0 Å². The van der Waals surface area contributed by atoms with Gasteiger partial charge in [-0.1, -0.05) is 18.6 Å². The normalized spacial score (nSPS) is 31.4. The van der Waals surface area contributed by atoms with E-state index in [0.717, 1.165) is 5.92 Å². The summed E-state index contributed by atoms with van der Waals surface area (Å²) in [4.78, 5) is 2.44. The Hall–Kier alpha value is -0.340. The van der Waals surface area contributed by atoms with Crippen molar-refractivity contribution in [2.24, 2.45) is 5.92 Å². The molecule has 1 unspecified atom stereocenters. The van der Waals surface area contributed by atoms with Crippen molar-refractivity contribution in [3.63, 3.8) is 0 Å². The zero-order valence-corrected chi connectivity index (χ0v) is 12.5. The third kappa shape index (κ3) is 3.32. The minimum atomic E-state index is 0.304. The Morgan fingerprint density at radius 2 is 1.82 bits per heavy atom. The second-order valence-corrected chi connectivity index (χ2v) is 6.19. The molecule has 2 nitrogen and oxygen atoms in total. The fraction of sp³-hybridized carbons (Fsp3) is 0.867. The molecule has 0 radical (unpaired) electrons. The van der Waals surface area contributed by atoms with Crippen LogP contribution < -0.4 is 5.32 Å². The summed E-state index contributed by atoms with van der Waals surface area (Å²) in [6, 6.07) is 0.468. The van der Waals surface area contributed by atoms with Crippen LogP contribution in [0.2, 0.25) is 0 Å². The molecule has 0 amide bonds. The van der Waals surface area contributed by atoms with Crippen molar-refractivity contribution in [1.82, 2.24) is 10.2 Å². The molecule has 0 aromatic heterocycles. The van der Waals surface area contributed by atoms with Crippen LogP contribution in [0, 0.1) is 5.92 Å². The molecule has 2 heteroatoms. The molecule has 1 fully saturated rings. The van der Waals surface area contributed by atoms with Crippen LogP contribution in [0.4, 0.5) is 0 Å². The van der Waals surface area contributed by atoms with Crippen LogP contribution in [0.15, 0.2) is 11.6 Å². The average molecular weight is 238 g/mol. The smallest absolute Gasteiger partial charge is 0.0436 e. The molecule has 1 rings (SSSR count). The zero-order chi connectivity index (χ0) is 13.1. The monoisotopic (exact) mass is 238 g/mol. The first-order valence-electron chi connectivity index (χ1n) is 6.92. The first-order valence-corrected chi connectivity index (χ1v) is 6.92. The predicted molar refractivity (Wildman–Crippen MR) is 76.3 cm³/mol. The van der Waals surface area contributed by atoms with Gasteiger partial charge in [0.15, 0.2) is 0 Å². The van der Waals surface area contributed by atoms with Crippen LogP contribution in [0.3, 0.4) is 0 Å². The van der Waals surface area contributed by atoms with E-state index in [0.29, 0.717) is 11.6 Å². The molecule has 0 heterocycles. The first-order chi connectivity index (χ1) is 7.92. The molecule has 0 aliphatic heterocycles. The number of nitrogens with one attached hydrogen (secondary N) is 1. The maximum absolute atomic E-state index is 3.52. The third-order valence-corrected chi connectivity index (χ3v) is 4.42. The lowest BCUT2D eigenvalue weighted by Crippen LogP contribution is -2.59. The van der Waals surface area contributed by atoms with E-state index in [1.54, 1.807) is 0 Å². The van der Waals surface area contributed by atoms with Crippen LogP contribution in [0.25, 0.3) is 0 Å². The van der Waals surface area contributed by atoms with E-state index in [2.05, 4.69) is 58.2 Å². The summed E-state index contributed by atoms with van der Waals surface area (Å²) >= 11 is 0. The second-order valence-electron chi connectivity index (χ2n) is 6.19. The molecule has 17 heavy (non-hydrogen) atoms. The van der Waals surface area contributed by atoms with Gasteiger partial charge in [0, 0.05) is 11.6 Å². The molecule has 1 atom stereocenters. The van der Waals surface area contributed by atoms with Gasteiger partial charge in [0.25, 0.3) is 0 Å². The van der Waals surface area contributed by atoms with Gasteiger partial charge in [0.1, 0.15) is 0 Å². The van der Waals surface area contributed by atoms with E-state index in [1.807, 2.05) is 0 Å². The Bertz CT molecular complexity index is 256. The Morgan fingerprint density at radius 3 is 2.18 bits per heavy atom. The van der Waals surface area contributed by atoms with Crippen molar-refractivity contribution in [1.29, 1.82) is 0 Å². The fourth-order valence-corrected chi connectivity index (χ4v) is 3.14. The molecule has 1 aliphatic rings. The first kappa shape index (κ1) is 14.7. The van der Waals surface area contributed by atoms with Gasteiger partial charge in [0.2, 0.25) is 0 Å². The number of hydrogen-bond donors (Lipinski definition) is 1. The lowest BCUT2D eigenvalue weighted by Gasteiger charge is -2.49. The van der Waals surface area contributed by atoms with Crippen molar-refractivity contribution in [3.05, 3.63) is 11.6 Å². The maximum Gasteiger partial charge on any atom is 0.0436 e. The van der Waals surface area contributed by atoms with Crippen LogP contribution in [0.1, 0.15) is 46.5 Å². The lowest BCUT2D eigenvalue weighted by molar-refractivity contribution is 0.0611. The van der Waals surface area contributed by atoms with Crippen LogP contribution in [-0.4, -0.2) is 37.6 Å². The van der Waals surface area contributed by atoms with Crippen LogP contribution >= 0.6 is 0 Å². The molecule has 0 bridgehead atoms. The highest BCUT2D eigenvalue weighted by molar-refractivity contribution is 5.13. The topological polar surface area (TPSA) is 15.3 Å². The lowest BCUT2D eigenvalue weighted by atomic mass is 9.71. The zero-order valence-electron chi connectivity index (χ0n) is 12.5. The number of hydrogen-bond acceptors (Lipinski definition) is 2. The van der Waals surface area contributed by atoms with Crippen molar-refractivity contribution >= 4 is 0 Å². The summed E-state index contributed by atoms with van der Waals surface area (Å²) in [5.41, 5.74) is 1.71. The molecule has 1 aliphatic carbocycles. The summed E-state index contributed by atoms with van der Waals surface area (Å²) in [7, 11) is 6.56. The van der Waals surface area contributed by atoms with E-state index in [9.17, 15) is 0 Å². The van der Waals surface area contributed by atoms with Crippen molar-refractivity contribution in [3.8, 4) is 0 Å². The highest BCUT2D eigenvalue weighted by Crippen LogP contribution is 2.38. The Balaban J connectivity index is 2.94. The van der Waals surface area contributed by atoms with E-state index in [1.165, 1.54) is 31.3 Å². The molecule has 1 N–H and O–H groups in total. The molecule has 0 aromatic carbocycles. The molecular weight excluding hydrogens is 208 g/mol. The predicted octanol–water partition coefficient (Wildman–Crippen LogP) is 3.05. The van der Waals surface area contributed by atoms with Gasteiger partial charge in [0.05, 0.1) is 0 Å². The van der Waals surface area contributed by atoms with Crippen LogP contribution in [-0.2, 0) is 0 Å². The highest BCUT2D eigenvalue weighted by atomic mass is 15.2. The van der Waals surface area contributed by atoms with Crippen molar-refractivity contribution in [2.75, 3.05) is 21.1 Å². The Labute approximate surface area is 107 Å². The maximum atomic E-state index is 3.52. The molecular formula is C15H30N2. The van der Waals surface area contributed by atoms with Gasteiger partial charge >= 0.3 is 0 Å². The molecule has 1 saturated carbocycles. The summed E-state index contributed by atoms with van der Waals surface area (Å²) in [5, 5.41) is 3.52. The van der Waals surface area contributed by atoms with E-state index in [4.69, 9.17) is 0 Å². The number of likely N-dealkylation sites (N-methyl/N-ethyl adjacent to an activating group) is 2. The molecule has 0 aromatic rings. The highest BCUT2D eigenvalue weighted by Gasteiger charge is 2.41. The summed E-state index contributed by atoms with van der Waals surface area (Å²) in [5.74, 6) is 0.896. The van der Waals surface area contributed by atoms with Gasteiger partial charge in [-0.15, -0.1) is 0 Å². The van der Waals surface area contributed by atoms with Crippen LogP contribution in [0.5, 0.6) is 0 Å². The largest absolute Gasteiger partial charge is 0.312 e. The molecule has 0 saturated heterocycles. The van der Waals surface area contributed by atoms with Crippen molar-refractivity contribution < 1.29 is 0 Å². The van der Waals surface area contributed by atoms with E-state index < -0.39 is 0 Å². The SMILES string of the molecule is CNC(C=C(C)C)C1(N(C)C)CCC(C)CC1. The number of nitrogens with zero attached hydrogens (tertiary/aromatic N) is 1. The molecule has 100 valence electrons. The summed E-state index contributed by atoms with van der Waals surface area (Å²) in [6.07, 6.45) is 7.71. The quantitative estimate of drug-likeness (QED) is 0.757. The summed E-state index contributed by atoms with van der Waals surface area (Å²) in [6.45, 7) is 6.77. The van der Waals surface area contributed by atoms with Gasteiger partial charge < -0.3 is 10.2 Å². The minimum absolute atomic E-state index is 0.304. The number of rotatable bonds is 4. The number of allylic oxidation sites excluding steroid dienone is 1.